The van der Waals surface area contributed by atoms with E-state index in [0.717, 1.165) is 37.3 Å². The number of carbonyl (C=O) groups is 1. The number of anilines is 1. The molecule has 1 atom stereocenters. The van der Waals surface area contributed by atoms with Gasteiger partial charge in [0.15, 0.2) is 5.11 Å². The average molecular weight is 430 g/mol. The number of nitrogens with one attached hydrogen (secondary N) is 2. The highest BCUT2D eigenvalue weighted by Gasteiger charge is 2.34. The first-order chi connectivity index (χ1) is 13.7. The van der Waals surface area contributed by atoms with Gasteiger partial charge in [0.2, 0.25) is 0 Å². The first-order valence-corrected chi connectivity index (χ1v) is 10.9. The molecule has 2 N–H and O–H groups in total. The summed E-state index contributed by atoms with van der Waals surface area (Å²) in [6.07, 6.45) is 4.02. The van der Waals surface area contributed by atoms with Crippen molar-refractivity contribution in [1.82, 2.24) is 5.32 Å². The Morgan fingerprint density at radius 3 is 2.86 bits per heavy atom. The van der Waals surface area contributed by atoms with Crippen LogP contribution in [0.5, 0.6) is 0 Å². The minimum atomic E-state index is -0.494. The Labute approximate surface area is 180 Å². The Morgan fingerprint density at radius 1 is 1.45 bits per heavy atom. The molecular weight excluding hydrogens is 405 g/mol. The fourth-order valence-corrected chi connectivity index (χ4v) is 5.23. The quantitative estimate of drug-likeness (QED) is 0.637. The third-order valence-corrected chi connectivity index (χ3v) is 7.31. The molecule has 0 aliphatic heterocycles. The van der Waals surface area contributed by atoms with Crippen molar-refractivity contribution in [1.29, 1.82) is 5.26 Å². The predicted molar refractivity (Wildman–Crippen MR) is 119 cm³/mol. The lowest BCUT2D eigenvalue weighted by Crippen LogP contribution is -2.34. The zero-order chi connectivity index (χ0) is 21.2. The number of carbonyl (C=O) groups excluding carboxylic acids is 1. The zero-order valence-corrected chi connectivity index (χ0v) is 18.4. The van der Waals surface area contributed by atoms with Gasteiger partial charge >= 0.3 is 0 Å². The van der Waals surface area contributed by atoms with E-state index >= 15 is 0 Å². The van der Waals surface area contributed by atoms with Crippen molar-refractivity contribution in [3.63, 3.8) is 0 Å². The first-order valence-electron chi connectivity index (χ1n) is 9.67. The summed E-state index contributed by atoms with van der Waals surface area (Å²) in [5.41, 5.74) is 2.16. The van der Waals surface area contributed by atoms with E-state index in [2.05, 4.69) is 37.5 Å². The molecule has 0 bridgehead atoms. The summed E-state index contributed by atoms with van der Waals surface area (Å²) in [6, 6.07) is 7.70. The number of fused-ring (bicyclic) bond motifs is 1. The van der Waals surface area contributed by atoms with Gasteiger partial charge in [-0.25, -0.2) is 4.39 Å². The largest absolute Gasteiger partial charge is 0.323 e. The van der Waals surface area contributed by atoms with E-state index in [0.29, 0.717) is 16.5 Å². The van der Waals surface area contributed by atoms with Crippen molar-refractivity contribution in [2.24, 2.45) is 11.3 Å². The van der Waals surface area contributed by atoms with Crippen LogP contribution < -0.4 is 10.6 Å². The van der Waals surface area contributed by atoms with Gasteiger partial charge in [0, 0.05) is 10.4 Å². The third-order valence-electron chi connectivity index (χ3n) is 5.93. The van der Waals surface area contributed by atoms with Crippen molar-refractivity contribution in [3.05, 3.63) is 51.7 Å². The number of nitriles is 1. The lowest BCUT2D eigenvalue weighted by molar-refractivity contribution is 0.0977. The van der Waals surface area contributed by atoms with Gasteiger partial charge in [-0.3, -0.25) is 10.1 Å². The first kappa shape index (κ1) is 21.4. The Balaban J connectivity index is 1.74. The van der Waals surface area contributed by atoms with E-state index in [1.54, 1.807) is 0 Å². The summed E-state index contributed by atoms with van der Waals surface area (Å²) in [5.74, 6) is -0.400. The Kier molecular flexibility index (Phi) is 6.35. The molecule has 1 heterocycles. The van der Waals surface area contributed by atoms with Gasteiger partial charge in [0.05, 0.1) is 5.56 Å². The topological polar surface area (TPSA) is 64.9 Å². The fourth-order valence-electron chi connectivity index (χ4n) is 3.69. The van der Waals surface area contributed by atoms with Gasteiger partial charge in [-0.15, -0.1) is 11.3 Å². The van der Waals surface area contributed by atoms with Crippen molar-refractivity contribution in [2.75, 3.05) is 5.32 Å². The minimum absolute atomic E-state index is 0.0970. The van der Waals surface area contributed by atoms with E-state index in [1.165, 1.54) is 34.4 Å². The van der Waals surface area contributed by atoms with Crippen LogP contribution in [0.3, 0.4) is 0 Å². The molecule has 3 rings (SSSR count). The fraction of sp³-hybridized carbons (Fsp3) is 0.409. The van der Waals surface area contributed by atoms with Crippen LogP contribution in [-0.4, -0.2) is 11.0 Å². The van der Waals surface area contributed by atoms with Gasteiger partial charge in [-0.05, 0) is 66.6 Å². The molecule has 1 aromatic carbocycles. The lowest BCUT2D eigenvalue weighted by atomic mass is 9.69. The molecule has 152 valence electrons. The molecule has 1 unspecified atom stereocenters. The number of nitrogens with zero attached hydrogens (tertiary/aromatic N) is 1. The number of halogens is 1. The summed E-state index contributed by atoms with van der Waals surface area (Å²) >= 11 is 6.79. The highest BCUT2D eigenvalue weighted by Crippen LogP contribution is 2.45. The number of thiophene rings is 1. The maximum Gasteiger partial charge on any atom is 0.257 e. The van der Waals surface area contributed by atoms with Crippen LogP contribution in [0.25, 0.3) is 0 Å². The average Bonchev–Trinajstić information content (AvgIpc) is 3.03. The van der Waals surface area contributed by atoms with Crippen LogP contribution in [-0.2, 0) is 12.8 Å². The second kappa shape index (κ2) is 8.60. The van der Waals surface area contributed by atoms with Crippen LogP contribution in [0, 0.1) is 28.5 Å². The molecular formula is C22H24FN3OS2. The van der Waals surface area contributed by atoms with Gasteiger partial charge < -0.3 is 5.32 Å². The molecule has 29 heavy (non-hydrogen) atoms. The van der Waals surface area contributed by atoms with Crippen molar-refractivity contribution in [3.8, 4) is 6.07 Å². The number of benzene rings is 1. The second-order valence-electron chi connectivity index (χ2n) is 8.02. The second-order valence-corrected chi connectivity index (χ2v) is 9.53. The number of amides is 1. The Bertz CT molecular complexity index is 990. The molecule has 7 heteroatoms. The van der Waals surface area contributed by atoms with Crippen molar-refractivity contribution < 1.29 is 9.18 Å². The smallest absolute Gasteiger partial charge is 0.257 e. The molecule has 1 aromatic heterocycles. The Hall–Kier alpha value is -2.30. The molecule has 0 radical (unpaired) electrons. The van der Waals surface area contributed by atoms with E-state index < -0.39 is 11.7 Å². The predicted octanol–water partition coefficient (Wildman–Crippen LogP) is 5.43. The van der Waals surface area contributed by atoms with Crippen LogP contribution in [0.15, 0.2) is 24.3 Å². The van der Waals surface area contributed by atoms with Gasteiger partial charge in [-0.1, -0.05) is 33.3 Å². The van der Waals surface area contributed by atoms with Crippen LogP contribution in [0.4, 0.5) is 9.39 Å². The van der Waals surface area contributed by atoms with Crippen LogP contribution in [0.2, 0.25) is 0 Å². The van der Waals surface area contributed by atoms with Gasteiger partial charge in [-0.2, -0.15) is 5.26 Å². The van der Waals surface area contributed by atoms with E-state index in [1.807, 2.05) is 0 Å². The summed E-state index contributed by atoms with van der Waals surface area (Å²) in [4.78, 5) is 13.5. The maximum absolute atomic E-state index is 13.3. The number of thiocarbonyl (C=S) groups is 1. The molecule has 2 aromatic rings. The molecule has 1 amide bonds. The molecule has 1 aliphatic rings. The van der Waals surface area contributed by atoms with Crippen molar-refractivity contribution in [2.45, 2.75) is 46.5 Å². The van der Waals surface area contributed by atoms with Gasteiger partial charge in [0.25, 0.3) is 5.91 Å². The zero-order valence-electron chi connectivity index (χ0n) is 16.8. The van der Waals surface area contributed by atoms with E-state index in [-0.39, 0.29) is 16.1 Å². The summed E-state index contributed by atoms with van der Waals surface area (Å²) in [7, 11) is 0. The molecule has 0 saturated heterocycles. The minimum Gasteiger partial charge on any atom is -0.323 e. The monoisotopic (exact) mass is 429 g/mol. The summed E-state index contributed by atoms with van der Waals surface area (Å²) < 4.78 is 13.3. The maximum atomic E-state index is 13.3. The molecule has 0 fully saturated rings. The SMILES string of the molecule is CCC(C)(C)C1CCc2c(sc(NC(=S)NC(=O)c3cccc(F)c3)c2C#N)C1. The number of hydrogen-bond acceptors (Lipinski definition) is 4. The molecule has 0 saturated carbocycles. The van der Waals surface area contributed by atoms with Crippen LogP contribution in [0.1, 0.15) is 60.0 Å². The molecule has 1 aliphatic carbocycles. The normalized spacial score (nSPS) is 15.9. The third kappa shape index (κ3) is 4.65. The Morgan fingerprint density at radius 2 is 2.21 bits per heavy atom. The highest BCUT2D eigenvalue weighted by molar-refractivity contribution is 7.80. The van der Waals surface area contributed by atoms with E-state index in [9.17, 15) is 14.4 Å². The van der Waals surface area contributed by atoms with Crippen molar-refractivity contribution >= 4 is 39.6 Å². The van der Waals surface area contributed by atoms with Gasteiger partial charge in [0.1, 0.15) is 16.9 Å². The van der Waals surface area contributed by atoms with E-state index in [4.69, 9.17) is 12.2 Å². The lowest BCUT2D eigenvalue weighted by Gasteiger charge is -2.36. The molecule has 4 nitrogen and oxygen atoms in total. The standard InChI is InChI=1S/C22H24FN3OS2/c1-4-22(2,3)14-8-9-16-17(12-24)20(29-18(16)11-14)26-21(28)25-19(27)13-6-5-7-15(23)10-13/h5-7,10,14H,4,8-9,11H2,1-3H3,(H2,25,26,27,28). The summed E-state index contributed by atoms with van der Waals surface area (Å²) in [6.45, 7) is 6.83. The number of rotatable bonds is 4. The summed E-state index contributed by atoms with van der Waals surface area (Å²) in [5, 5.41) is 16.0. The highest BCUT2D eigenvalue weighted by atomic mass is 32.1. The molecule has 0 spiro atoms. The number of hydrogen-bond donors (Lipinski definition) is 2. The van der Waals surface area contributed by atoms with Crippen LogP contribution >= 0.6 is 23.6 Å².